The minimum atomic E-state index is -0.290. The monoisotopic (exact) mass is 447 g/mol. The number of unbranched alkanes of at least 4 members (excludes halogenated alkanes) is 1. The number of ether oxygens (including phenoxy) is 2. The van der Waals surface area contributed by atoms with E-state index in [0.717, 1.165) is 69.2 Å². The Morgan fingerprint density at radius 3 is 2.52 bits per heavy atom. The predicted molar refractivity (Wildman–Crippen MR) is 123 cm³/mol. The van der Waals surface area contributed by atoms with Gasteiger partial charge in [-0.2, -0.15) is 0 Å². The number of hydrogen-bond donors (Lipinski definition) is 4. The van der Waals surface area contributed by atoms with Gasteiger partial charge in [-0.3, -0.25) is 4.79 Å². The molecule has 2 heterocycles. The number of fused-ring (bicyclic) bond motifs is 1. The molecule has 2 aromatic rings. The minimum absolute atomic E-state index is 0.150. The van der Waals surface area contributed by atoms with Crippen LogP contribution >= 0.6 is 11.3 Å². The first-order chi connectivity index (χ1) is 15.3. The Hall–Kier alpha value is -2.20. The highest BCUT2D eigenvalue weighted by molar-refractivity contribution is 7.09. The fourth-order valence-electron chi connectivity index (χ4n) is 3.16. The van der Waals surface area contributed by atoms with Gasteiger partial charge >= 0.3 is 0 Å². The van der Waals surface area contributed by atoms with E-state index in [2.05, 4.69) is 20.9 Å². The van der Waals surface area contributed by atoms with E-state index in [-0.39, 0.29) is 12.0 Å². The molecule has 0 fully saturated rings. The van der Waals surface area contributed by atoms with Crippen LogP contribution in [0, 0.1) is 0 Å². The number of nitrogens with zero attached hydrogens (tertiary/aromatic N) is 1. The van der Waals surface area contributed by atoms with E-state index in [9.17, 15) is 4.79 Å². The minimum Gasteiger partial charge on any atom is -0.485 e. The van der Waals surface area contributed by atoms with Gasteiger partial charge in [0.05, 0.1) is 0 Å². The second kappa shape index (κ2) is 13.3. The molecule has 1 atom stereocenters. The number of hydrogen-bond acceptors (Lipinski definition) is 8. The molecular weight excluding hydrogens is 414 g/mol. The molecular formula is C22H33N5O3S. The number of nitrogens with one attached hydrogen (secondary N) is 3. The number of thiazole rings is 1. The SMILES string of the molecule is NCCCNCCCCNCCCNC(=O)c1csc(C2COc3ccccc3O2)n1. The zero-order valence-electron chi connectivity index (χ0n) is 17.9. The number of carbonyl (C=O) groups excluding carboxylic acids is 1. The average Bonchev–Trinajstić information content (AvgIpc) is 3.30. The van der Waals surface area contributed by atoms with Crippen molar-refractivity contribution in [2.75, 3.05) is 45.9 Å². The van der Waals surface area contributed by atoms with E-state index < -0.39 is 0 Å². The Labute approximate surface area is 187 Å². The van der Waals surface area contributed by atoms with Crippen molar-refractivity contribution < 1.29 is 14.3 Å². The van der Waals surface area contributed by atoms with Gasteiger partial charge in [0.25, 0.3) is 5.91 Å². The predicted octanol–water partition coefficient (Wildman–Crippen LogP) is 2.08. The summed E-state index contributed by atoms with van der Waals surface area (Å²) in [5, 5.41) is 12.2. The van der Waals surface area contributed by atoms with Gasteiger partial charge in [-0.15, -0.1) is 11.3 Å². The normalized spacial score (nSPS) is 15.1. The van der Waals surface area contributed by atoms with Crippen LogP contribution in [0.25, 0.3) is 0 Å². The van der Waals surface area contributed by atoms with Crippen molar-refractivity contribution in [1.29, 1.82) is 0 Å². The number of benzene rings is 1. The zero-order valence-corrected chi connectivity index (χ0v) is 18.7. The van der Waals surface area contributed by atoms with Crippen LogP contribution in [-0.2, 0) is 0 Å². The van der Waals surface area contributed by atoms with Crippen LogP contribution in [0.4, 0.5) is 0 Å². The summed E-state index contributed by atoms with van der Waals surface area (Å²) in [6.45, 7) is 5.67. The van der Waals surface area contributed by atoms with E-state index in [4.69, 9.17) is 15.2 Å². The Bertz CT molecular complexity index is 801. The Morgan fingerprint density at radius 1 is 1.03 bits per heavy atom. The highest BCUT2D eigenvalue weighted by Crippen LogP contribution is 2.36. The van der Waals surface area contributed by atoms with Gasteiger partial charge in [0, 0.05) is 11.9 Å². The highest BCUT2D eigenvalue weighted by atomic mass is 32.1. The summed E-state index contributed by atoms with van der Waals surface area (Å²) in [5.41, 5.74) is 5.89. The summed E-state index contributed by atoms with van der Waals surface area (Å²) in [7, 11) is 0. The molecule has 8 nitrogen and oxygen atoms in total. The first kappa shape index (κ1) is 23.5. The summed E-state index contributed by atoms with van der Waals surface area (Å²) < 4.78 is 11.7. The number of carbonyl (C=O) groups is 1. The van der Waals surface area contributed by atoms with Gasteiger partial charge in [0.15, 0.2) is 17.6 Å². The maximum Gasteiger partial charge on any atom is 0.270 e. The molecule has 1 aromatic carbocycles. The highest BCUT2D eigenvalue weighted by Gasteiger charge is 2.25. The largest absolute Gasteiger partial charge is 0.485 e. The third-order valence-electron chi connectivity index (χ3n) is 4.87. The lowest BCUT2D eigenvalue weighted by Gasteiger charge is -2.24. The smallest absolute Gasteiger partial charge is 0.270 e. The molecule has 1 aliphatic heterocycles. The van der Waals surface area contributed by atoms with Gasteiger partial charge in [-0.1, -0.05) is 12.1 Å². The van der Waals surface area contributed by atoms with Crippen LogP contribution in [0.15, 0.2) is 29.6 Å². The maximum absolute atomic E-state index is 12.3. The summed E-state index contributed by atoms with van der Waals surface area (Å²) in [4.78, 5) is 16.8. The topological polar surface area (TPSA) is 111 Å². The Kier molecular flexibility index (Phi) is 10.0. The first-order valence-electron chi connectivity index (χ1n) is 11.0. The molecule has 0 bridgehead atoms. The van der Waals surface area contributed by atoms with Crippen LogP contribution in [0.5, 0.6) is 11.5 Å². The standard InChI is InChI=1S/C22H33N5O3S/c23-9-5-12-24-10-3-4-11-25-13-6-14-26-21(28)17-16-31-22(27-17)20-15-29-18-7-1-2-8-19(18)30-20/h1-2,7-8,16,20,24-25H,3-6,9-15,23H2,(H,26,28). The first-order valence-corrected chi connectivity index (χ1v) is 11.9. The number of amides is 1. The third-order valence-corrected chi connectivity index (χ3v) is 5.81. The van der Waals surface area contributed by atoms with Crippen molar-refractivity contribution in [2.24, 2.45) is 5.73 Å². The molecule has 0 aliphatic carbocycles. The molecule has 1 unspecified atom stereocenters. The van der Waals surface area contributed by atoms with Crippen molar-refractivity contribution >= 4 is 17.2 Å². The fourth-order valence-corrected chi connectivity index (χ4v) is 3.98. The molecule has 0 radical (unpaired) electrons. The molecule has 0 spiro atoms. The summed E-state index contributed by atoms with van der Waals surface area (Å²) in [6, 6.07) is 7.57. The molecule has 0 saturated heterocycles. The Morgan fingerprint density at radius 2 is 1.74 bits per heavy atom. The number of nitrogens with two attached hydrogens (primary N) is 1. The van der Waals surface area contributed by atoms with Crippen molar-refractivity contribution in [3.63, 3.8) is 0 Å². The van der Waals surface area contributed by atoms with Gasteiger partial charge < -0.3 is 31.2 Å². The second-order valence-electron chi connectivity index (χ2n) is 7.39. The molecule has 31 heavy (non-hydrogen) atoms. The van der Waals surface area contributed by atoms with Gasteiger partial charge in [0.1, 0.15) is 17.3 Å². The van der Waals surface area contributed by atoms with Crippen LogP contribution < -0.4 is 31.2 Å². The summed E-state index contributed by atoms with van der Waals surface area (Å²) in [5.74, 6) is 1.29. The van der Waals surface area contributed by atoms with Crippen LogP contribution in [0.3, 0.4) is 0 Å². The van der Waals surface area contributed by atoms with E-state index in [1.54, 1.807) is 5.38 Å². The number of para-hydroxylation sites is 2. The number of rotatable bonds is 14. The quantitative estimate of drug-likeness (QED) is 0.328. The molecule has 170 valence electrons. The lowest BCUT2D eigenvalue weighted by Crippen LogP contribution is -2.28. The summed E-state index contributed by atoms with van der Waals surface area (Å²) >= 11 is 1.42. The molecule has 9 heteroatoms. The van der Waals surface area contributed by atoms with E-state index in [1.807, 2.05) is 24.3 Å². The molecule has 1 aliphatic rings. The maximum atomic E-state index is 12.3. The lowest BCUT2D eigenvalue weighted by atomic mass is 10.2. The fraction of sp³-hybridized carbons (Fsp3) is 0.545. The molecule has 5 N–H and O–H groups in total. The molecule has 1 aromatic heterocycles. The second-order valence-corrected chi connectivity index (χ2v) is 8.28. The van der Waals surface area contributed by atoms with Crippen molar-refractivity contribution in [3.8, 4) is 11.5 Å². The van der Waals surface area contributed by atoms with E-state index in [1.165, 1.54) is 11.3 Å². The van der Waals surface area contributed by atoms with Crippen molar-refractivity contribution in [1.82, 2.24) is 20.9 Å². The average molecular weight is 448 g/mol. The van der Waals surface area contributed by atoms with Gasteiger partial charge in [0.2, 0.25) is 0 Å². The van der Waals surface area contributed by atoms with Crippen LogP contribution in [-0.4, -0.2) is 56.8 Å². The van der Waals surface area contributed by atoms with Crippen molar-refractivity contribution in [2.45, 2.75) is 31.8 Å². The van der Waals surface area contributed by atoms with Crippen LogP contribution in [0.1, 0.15) is 47.3 Å². The molecule has 0 saturated carbocycles. The van der Waals surface area contributed by atoms with Crippen LogP contribution in [0.2, 0.25) is 0 Å². The number of aromatic nitrogens is 1. The van der Waals surface area contributed by atoms with Gasteiger partial charge in [-0.25, -0.2) is 4.98 Å². The molecule has 1 amide bonds. The molecule has 3 rings (SSSR count). The van der Waals surface area contributed by atoms with Crippen molar-refractivity contribution in [3.05, 3.63) is 40.3 Å². The van der Waals surface area contributed by atoms with Gasteiger partial charge in [-0.05, 0) is 70.5 Å². The van der Waals surface area contributed by atoms with E-state index in [0.29, 0.717) is 24.6 Å². The Balaban J connectivity index is 1.26. The summed E-state index contributed by atoms with van der Waals surface area (Å²) in [6.07, 6.45) is 3.92. The lowest BCUT2D eigenvalue weighted by molar-refractivity contribution is 0.0898. The van der Waals surface area contributed by atoms with E-state index >= 15 is 0 Å². The third kappa shape index (κ3) is 7.77. The zero-order chi connectivity index (χ0) is 21.7.